The predicted octanol–water partition coefficient (Wildman–Crippen LogP) is 1.77. The first-order chi connectivity index (χ1) is 13.4. The summed E-state index contributed by atoms with van der Waals surface area (Å²) in [6.45, 7) is -0.235. The molecule has 2 heterocycles. The molecule has 0 aromatic heterocycles. The highest BCUT2D eigenvalue weighted by Crippen LogP contribution is 2.50. The van der Waals surface area contributed by atoms with Crippen molar-refractivity contribution in [3.05, 3.63) is 60.2 Å². The Labute approximate surface area is 160 Å². The third kappa shape index (κ3) is 2.99. The minimum absolute atomic E-state index is 0.196. The number of methoxy groups -OCH3 is 2. The summed E-state index contributed by atoms with van der Waals surface area (Å²) >= 11 is 0. The monoisotopic (exact) mass is 390 g/mol. The Morgan fingerprint density at radius 3 is 2.00 bits per heavy atom. The zero-order valence-electron chi connectivity index (χ0n) is 15.1. The van der Waals surface area contributed by atoms with E-state index in [1.165, 1.54) is 14.2 Å². The van der Waals surface area contributed by atoms with Gasteiger partial charge in [-0.2, -0.15) is 0 Å². The number of hydrogen-bond donors (Lipinski definition) is 1. The highest BCUT2D eigenvalue weighted by Gasteiger charge is 2.78. The fraction of sp³-hybridized carbons (Fsp3) is 0.316. The summed E-state index contributed by atoms with van der Waals surface area (Å²) in [5, 5.41) is 10.3. The second kappa shape index (κ2) is 6.90. The lowest BCUT2D eigenvalue weighted by molar-refractivity contribution is -0.761. The molecule has 0 spiro atoms. The third-order valence-corrected chi connectivity index (χ3v) is 4.37. The van der Waals surface area contributed by atoms with Gasteiger partial charge in [0.15, 0.2) is 6.79 Å². The summed E-state index contributed by atoms with van der Waals surface area (Å²) in [5.41, 5.74) is 2.12. The van der Waals surface area contributed by atoms with Crippen molar-refractivity contribution in [1.29, 1.82) is 0 Å². The average molecular weight is 390 g/mol. The van der Waals surface area contributed by atoms with Crippen molar-refractivity contribution in [1.82, 2.24) is 0 Å². The first-order valence-electron chi connectivity index (χ1n) is 8.34. The second-order valence-corrected chi connectivity index (χ2v) is 5.99. The van der Waals surface area contributed by atoms with Crippen molar-refractivity contribution in [2.75, 3.05) is 21.0 Å². The van der Waals surface area contributed by atoms with Gasteiger partial charge in [-0.15, -0.1) is 0 Å². The van der Waals surface area contributed by atoms with Gasteiger partial charge in [-0.1, -0.05) is 42.5 Å². The van der Waals surface area contributed by atoms with Gasteiger partial charge in [0.1, 0.15) is 0 Å². The van der Waals surface area contributed by atoms with Gasteiger partial charge in [0.05, 0.1) is 5.56 Å². The van der Waals surface area contributed by atoms with Crippen molar-refractivity contribution in [3.8, 4) is 11.1 Å². The van der Waals surface area contributed by atoms with E-state index in [4.69, 9.17) is 33.2 Å². The van der Waals surface area contributed by atoms with E-state index in [0.717, 1.165) is 11.1 Å². The first kappa shape index (κ1) is 19.0. The lowest BCUT2D eigenvalue weighted by Gasteiger charge is -2.56. The van der Waals surface area contributed by atoms with Crippen LogP contribution in [0.3, 0.4) is 0 Å². The normalized spacial score (nSPS) is 21.2. The van der Waals surface area contributed by atoms with Gasteiger partial charge in [-0.25, -0.2) is 14.3 Å². The summed E-state index contributed by atoms with van der Waals surface area (Å²) in [7, 11) is 2.48. The molecule has 0 radical (unpaired) electrons. The zero-order valence-corrected chi connectivity index (χ0v) is 15.1. The molecule has 9 nitrogen and oxygen atoms in total. The summed E-state index contributed by atoms with van der Waals surface area (Å²) < 4.78 is 35.5. The van der Waals surface area contributed by atoms with Gasteiger partial charge >= 0.3 is 24.1 Å². The largest absolute Gasteiger partial charge is 0.429 e. The van der Waals surface area contributed by atoms with Crippen LogP contribution in [0.1, 0.15) is 10.4 Å². The van der Waals surface area contributed by atoms with E-state index in [1.54, 1.807) is 24.3 Å². The summed E-state index contributed by atoms with van der Waals surface area (Å²) in [6, 6.07) is 16.3. The molecule has 0 atom stereocenters. The van der Waals surface area contributed by atoms with Crippen LogP contribution in [0.4, 0.5) is 0 Å². The Bertz CT molecular complexity index is 833. The number of benzene rings is 2. The van der Waals surface area contributed by atoms with Crippen LogP contribution in [0, 0.1) is 0 Å². The van der Waals surface area contributed by atoms with Crippen LogP contribution in [0.2, 0.25) is 0 Å². The van der Waals surface area contributed by atoms with Gasteiger partial charge in [0, 0.05) is 14.2 Å². The maximum absolute atomic E-state index is 12.6. The number of carbonyl (C=O) groups excluding carboxylic acids is 1. The van der Waals surface area contributed by atoms with Gasteiger partial charge in [-0.3, -0.25) is 9.47 Å². The second-order valence-electron chi connectivity index (χ2n) is 5.99. The van der Waals surface area contributed by atoms with Gasteiger partial charge in [0.25, 0.3) is 0 Å². The standard InChI is InChI=1S/C19H18O9/c1-22-19(23-2)27-18(28-19,17(21)24-12-25-17)26-16(20)15-10-8-14(9-11-15)13-6-4-3-5-7-13/h3-11,21H,12H2,1-2H3. The summed E-state index contributed by atoms with van der Waals surface area (Å²) in [6.07, 6.45) is -1.96. The maximum Gasteiger partial charge on any atom is 0.429 e. The Morgan fingerprint density at radius 2 is 1.50 bits per heavy atom. The molecule has 2 aromatic rings. The molecular formula is C19H18O9. The van der Waals surface area contributed by atoms with Crippen LogP contribution < -0.4 is 0 Å². The number of esters is 1. The molecule has 2 aliphatic heterocycles. The van der Waals surface area contributed by atoms with Gasteiger partial charge in [-0.05, 0) is 23.3 Å². The van der Waals surface area contributed by atoms with E-state index < -0.39 is 24.1 Å². The molecule has 4 rings (SSSR count). The molecule has 2 fully saturated rings. The molecular weight excluding hydrogens is 372 g/mol. The first-order valence-corrected chi connectivity index (χ1v) is 8.34. The number of rotatable bonds is 6. The van der Waals surface area contributed by atoms with E-state index in [-0.39, 0.29) is 12.4 Å². The van der Waals surface area contributed by atoms with Crippen LogP contribution in [0.15, 0.2) is 54.6 Å². The summed E-state index contributed by atoms with van der Waals surface area (Å²) in [5.74, 6) is -5.70. The van der Waals surface area contributed by atoms with E-state index >= 15 is 0 Å². The molecule has 0 amide bonds. The Hall–Kier alpha value is -2.37. The van der Waals surface area contributed by atoms with Crippen LogP contribution in [-0.2, 0) is 33.2 Å². The zero-order chi connectivity index (χ0) is 19.8. The minimum Gasteiger partial charge on any atom is -0.397 e. The maximum atomic E-state index is 12.6. The van der Waals surface area contributed by atoms with Crippen LogP contribution in [0.25, 0.3) is 11.1 Å². The Balaban J connectivity index is 1.53. The molecule has 0 unspecified atom stereocenters. The van der Waals surface area contributed by atoms with E-state index in [9.17, 15) is 9.90 Å². The highest BCUT2D eigenvalue weighted by atomic mass is 17.2. The van der Waals surface area contributed by atoms with E-state index in [1.807, 2.05) is 30.3 Å². The van der Waals surface area contributed by atoms with Crippen molar-refractivity contribution in [3.63, 3.8) is 0 Å². The molecule has 9 heteroatoms. The predicted molar refractivity (Wildman–Crippen MR) is 90.9 cm³/mol. The Morgan fingerprint density at radius 1 is 0.929 bits per heavy atom. The quantitative estimate of drug-likeness (QED) is 0.584. The third-order valence-electron chi connectivity index (χ3n) is 4.37. The number of carbonyl (C=O) groups is 1. The average Bonchev–Trinajstić information content (AvgIpc) is 2.69. The Kier molecular flexibility index (Phi) is 4.68. The fourth-order valence-corrected chi connectivity index (χ4v) is 2.78. The highest BCUT2D eigenvalue weighted by molar-refractivity contribution is 5.90. The van der Waals surface area contributed by atoms with Crippen LogP contribution in [0.5, 0.6) is 0 Å². The smallest absolute Gasteiger partial charge is 0.397 e. The number of ether oxygens (including phenoxy) is 7. The number of hydrogen-bond acceptors (Lipinski definition) is 9. The molecule has 28 heavy (non-hydrogen) atoms. The van der Waals surface area contributed by atoms with Crippen molar-refractivity contribution in [2.45, 2.75) is 18.1 Å². The summed E-state index contributed by atoms with van der Waals surface area (Å²) in [4.78, 5) is 12.6. The van der Waals surface area contributed by atoms with Crippen molar-refractivity contribution in [2.24, 2.45) is 0 Å². The van der Waals surface area contributed by atoms with Crippen molar-refractivity contribution >= 4 is 5.97 Å². The fourth-order valence-electron chi connectivity index (χ4n) is 2.78. The topological polar surface area (TPSA) is 102 Å². The van der Waals surface area contributed by atoms with Crippen LogP contribution >= 0.6 is 0 Å². The molecule has 2 aromatic carbocycles. The molecule has 0 saturated carbocycles. The van der Waals surface area contributed by atoms with E-state index in [0.29, 0.717) is 0 Å². The lowest BCUT2D eigenvalue weighted by atomic mass is 10.0. The molecule has 148 valence electrons. The molecule has 1 N–H and O–H groups in total. The molecule has 2 aliphatic rings. The van der Waals surface area contributed by atoms with E-state index in [2.05, 4.69) is 0 Å². The number of aliphatic hydroxyl groups is 1. The van der Waals surface area contributed by atoms with Gasteiger partial charge < -0.3 is 19.3 Å². The minimum atomic E-state index is -2.45. The van der Waals surface area contributed by atoms with Crippen molar-refractivity contribution < 1.29 is 43.1 Å². The van der Waals surface area contributed by atoms with Gasteiger partial charge in [0.2, 0.25) is 0 Å². The lowest BCUT2D eigenvalue weighted by Crippen LogP contribution is -2.79. The molecule has 2 saturated heterocycles. The molecule has 0 bridgehead atoms. The molecule has 0 aliphatic carbocycles. The van der Waals surface area contributed by atoms with Crippen LogP contribution in [-0.4, -0.2) is 50.2 Å². The SMILES string of the molecule is COC1(OC)OC(OC(=O)c2ccc(-c3ccccc3)cc2)(C2(O)OCO2)O1.